The molecule has 1 aromatic heterocycles. The Labute approximate surface area is 192 Å². The lowest BCUT2D eigenvalue weighted by Gasteiger charge is -2.35. The number of pyridine rings is 1. The van der Waals surface area contributed by atoms with Gasteiger partial charge in [0.25, 0.3) is 17.7 Å². The molecule has 0 N–H and O–H groups in total. The molecule has 0 aliphatic carbocycles. The van der Waals surface area contributed by atoms with Crippen LogP contribution in [0.15, 0.2) is 48.5 Å². The zero-order chi connectivity index (χ0) is 23.3. The van der Waals surface area contributed by atoms with Crippen LogP contribution in [0, 0.1) is 6.92 Å². The molecule has 0 bridgehead atoms. The minimum absolute atomic E-state index is 0.122. The molecule has 0 spiro atoms. The average molecular weight is 443 g/mol. The largest absolute Gasteiger partial charge is 0.353 e. The zero-order valence-corrected chi connectivity index (χ0v) is 19.0. The van der Waals surface area contributed by atoms with Gasteiger partial charge in [0, 0.05) is 43.2 Å². The number of aryl methyl sites for hydroxylation is 1. The molecule has 168 valence electrons. The van der Waals surface area contributed by atoms with E-state index in [-0.39, 0.29) is 23.8 Å². The summed E-state index contributed by atoms with van der Waals surface area (Å²) in [7, 11) is 0. The van der Waals surface area contributed by atoms with Crippen molar-refractivity contribution in [3.8, 4) is 0 Å². The van der Waals surface area contributed by atoms with Gasteiger partial charge in [-0.2, -0.15) is 0 Å². The summed E-state index contributed by atoms with van der Waals surface area (Å²) < 4.78 is 0. The number of imide groups is 1. The maximum Gasteiger partial charge on any atom is 0.261 e. The van der Waals surface area contributed by atoms with Crippen molar-refractivity contribution in [2.45, 2.75) is 26.8 Å². The van der Waals surface area contributed by atoms with Crippen LogP contribution in [-0.4, -0.2) is 64.7 Å². The van der Waals surface area contributed by atoms with Gasteiger partial charge >= 0.3 is 0 Å². The van der Waals surface area contributed by atoms with Crippen LogP contribution in [-0.2, 0) is 0 Å². The fraction of sp³-hybridized carbons (Fsp3) is 0.308. The van der Waals surface area contributed by atoms with E-state index in [0.29, 0.717) is 42.9 Å². The fourth-order valence-corrected chi connectivity index (χ4v) is 4.68. The van der Waals surface area contributed by atoms with E-state index in [9.17, 15) is 14.4 Å². The summed E-state index contributed by atoms with van der Waals surface area (Å²) in [6.45, 7) is 8.19. The number of anilines is 1. The number of carbonyl (C=O) groups is 3. The number of nitrogens with zero attached hydrogens (tertiary/aromatic N) is 4. The van der Waals surface area contributed by atoms with Gasteiger partial charge in [0.15, 0.2) is 0 Å². The van der Waals surface area contributed by atoms with Crippen LogP contribution in [0.3, 0.4) is 0 Å². The van der Waals surface area contributed by atoms with E-state index in [1.54, 1.807) is 36.9 Å². The second kappa shape index (κ2) is 7.99. The smallest absolute Gasteiger partial charge is 0.261 e. The van der Waals surface area contributed by atoms with Crippen molar-refractivity contribution in [3.63, 3.8) is 0 Å². The maximum absolute atomic E-state index is 13.2. The highest BCUT2D eigenvalue weighted by atomic mass is 16.2. The molecule has 2 aromatic carbocycles. The summed E-state index contributed by atoms with van der Waals surface area (Å²) in [5, 5.41) is 1.15. The van der Waals surface area contributed by atoms with Crippen molar-refractivity contribution in [1.29, 1.82) is 0 Å². The van der Waals surface area contributed by atoms with Crippen molar-refractivity contribution in [3.05, 3.63) is 70.8 Å². The molecule has 0 unspecified atom stereocenters. The van der Waals surface area contributed by atoms with Crippen LogP contribution in [0.1, 0.15) is 50.5 Å². The van der Waals surface area contributed by atoms with Gasteiger partial charge in [0.05, 0.1) is 16.6 Å². The Morgan fingerprint density at radius 1 is 0.909 bits per heavy atom. The SMILES string of the molecule is Cc1cc(N2CCN(C(=O)c3ccc4c(c3)C(=O)N(C(C)C)C4=O)CC2)nc2ccccc12. The van der Waals surface area contributed by atoms with Crippen LogP contribution in [0.2, 0.25) is 0 Å². The molecule has 3 heterocycles. The summed E-state index contributed by atoms with van der Waals surface area (Å²) in [6.07, 6.45) is 0. The van der Waals surface area contributed by atoms with Gasteiger partial charge < -0.3 is 9.80 Å². The Kier molecular flexibility index (Phi) is 5.12. The molecule has 2 aliphatic heterocycles. The minimum Gasteiger partial charge on any atom is -0.353 e. The normalized spacial score (nSPS) is 16.2. The first-order chi connectivity index (χ1) is 15.8. The highest BCUT2D eigenvalue weighted by Crippen LogP contribution is 2.27. The number of rotatable bonds is 3. The first-order valence-electron chi connectivity index (χ1n) is 11.3. The molecule has 1 fully saturated rings. The van der Waals surface area contributed by atoms with E-state index in [4.69, 9.17) is 4.98 Å². The Bertz CT molecular complexity index is 1290. The molecule has 0 atom stereocenters. The molecule has 5 rings (SSSR count). The van der Waals surface area contributed by atoms with Crippen LogP contribution < -0.4 is 4.90 Å². The number of fused-ring (bicyclic) bond motifs is 2. The molecule has 7 heteroatoms. The van der Waals surface area contributed by atoms with Crippen molar-refractivity contribution >= 4 is 34.4 Å². The molecule has 33 heavy (non-hydrogen) atoms. The summed E-state index contributed by atoms with van der Waals surface area (Å²) in [5.74, 6) is 0.176. The lowest BCUT2D eigenvalue weighted by atomic mass is 10.0. The Hall–Kier alpha value is -3.74. The van der Waals surface area contributed by atoms with E-state index in [1.807, 2.05) is 18.2 Å². The third-order valence-electron chi connectivity index (χ3n) is 6.48. The van der Waals surface area contributed by atoms with E-state index in [1.165, 1.54) is 10.5 Å². The van der Waals surface area contributed by atoms with Gasteiger partial charge in [-0.15, -0.1) is 0 Å². The maximum atomic E-state index is 13.2. The summed E-state index contributed by atoms with van der Waals surface area (Å²) in [6, 6.07) is 14.8. The van der Waals surface area contributed by atoms with Gasteiger partial charge in [-0.05, 0) is 56.7 Å². The second-order valence-electron chi connectivity index (χ2n) is 8.93. The number of para-hydroxylation sites is 1. The van der Waals surface area contributed by atoms with Crippen LogP contribution in [0.25, 0.3) is 10.9 Å². The topological polar surface area (TPSA) is 73.8 Å². The first kappa shape index (κ1) is 21.1. The molecule has 3 amide bonds. The van der Waals surface area contributed by atoms with E-state index >= 15 is 0 Å². The lowest BCUT2D eigenvalue weighted by molar-refractivity contribution is 0.0608. The van der Waals surface area contributed by atoms with E-state index < -0.39 is 0 Å². The number of piperazine rings is 1. The Balaban J connectivity index is 1.31. The third kappa shape index (κ3) is 3.53. The predicted molar refractivity (Wildman–Crippen MR) is 127 cm³/mol. The third-order valence-corrected chi connectivity index (χ3v) is 6.48. The van der Waals surface area contributed by atoms with Crippen molar-refractivity contribution < 1.29 is 14.4 Å². The van der Waals surface area contributed by atoms with Crippen LogP contribution in [0.4, 0.5) is 5.82 Å². The molecule has 1 saturated heterocycles. The quantitative estimate of drug-likeness (QED) is 0.581. The molecular formula is C26H26N4O3. The summed E-state index contributed by atoms with van der Waals surface area (Å²) in [5.41, 5.74) is 3.27. The standard InChI is InChI=1S/C26H26N4O3/c1-16(2)30-25(32)20-9-8-18(15-21(20)26(30)33)24(31)29-12-10-28(11-13-29)23-14-17(3)19-6-4-5-7-22(19)27-23/h4-9,14-16H,10-13H2,1-3H3. The number of hydrogen-bond donors (Lipinski definition) is 0. The Morgan fingerprint density at radius 3 is 2.33 bits per heavy atom. The number of carbonyl (C=O) groups excluding carboxylic acids is 3. The predicted octanol–water partition coefficient (Wildman–Crippen LogP) is 3.51. The van der Waals surface area contributed by atoms with Crippen molar-refractivity contribution in [2.75, 3.05) is 31.1 Å². The molecular weight excluding hydrogens is 416 g/mol. The summed E-state index contributed by atoms with van der Waals surface area (Å²) >= 11 is 0. The van der Waals surface area contributed by atoms with E-state index in [0.717, 1.165) is 16.7 Å². The molecule has 0 radical (unpaired) electrons. The average Bonchev–Trinajstić information content (AvgIpc) is 3.08. The zero-order valence-electron chi connectivity index (χ0n) is 19.0. The molecule has 3 aromatic rings. The van der Waals surface area contributed by atoms with Crippen molar-refractivity contribution in [1.82, 2.24) is 14.8 Å². The molecule has 2 aliphatic rings. The lowest BCUT2D eigenvalue weighted by Crippen LogP contribution is -2.49. The first-order valence-corrected chi connectivity index (χ1v) is 11.3. The highest BCUT2D eigenvalue weighted by molar-refractivity contribution is 6.22. The van der Waals surface area contributed by atoms with Crippen LogP contribution in [0.5, 0.6) is 0 Å². The number of amides is 3. The van der Waals surface area contributed by atoms with Gasteiger partial charge in [-0.1, -0.05) is 18.2 Å². The number of benzene rings is 2. The molecule has 0 saturated carbocycles. The Morgan fingerprint density at radius 2 is 1.61 bits per heavy atom. The molecule has 7 nitrogen and oxygen atoms in total. The van der Waals surface area contributed by atoms with Gasteiger partial charge in [0.2, 0.25) is 0 Å². The van der Waals surface area contributed by atoms with Crippen LogP contribution >= 0.6 is 0 Å². The monoisotopic (exact) mass is 442 g/mol. The van der Waals surface area contributed by atoms with Gasteiger partial charge in [-0.25, -0.2) is 4.98 Å². The van der Waals surface area contributed by atoms with Gasteiger partial charge in [-0.3, -0.25) is 19.3 Å². The summed E-state index contributed by atoms with van der Waals surface area (Å²) in [4.78, 5) is 48.4. The number of hydrogen-bond acceptors (Lipinski definition) is 5. The highest BCUT2D eigenvalue weighted by Gasteiger charge is 2.37. The van der Waals surface area contributed by atoms with Gasteiger partial charge in [0.1, 0.15) is 5.82 Å². The van der Waals surface area contributed by atoms with E-state index in [2.05, 4.69) is 24.0 Å². The van der Waals surface area contributed by atoms with Crippen molar-refractivity contribution in [2.24, 2.45) is 0 Å². The number of aromatic nitrogens is 1. The fourth-order valence-electron chi connectivity index (χ4n) is 4.68. The second-order valence-corrected chi connectivity index (χ2v) is 8.93. The minimum atomic E-state index is -0.331.